The van der Waals surface area contributed by atoms with E-state index in [2.05, 4.69) is 10.6 Å². The van der Waals surface area contributed by atoms with E-state index in [4.69, 9.17) is 11.6 Å². The first-order valence-corrected chi connectivity index (χ1v) is 4.91. The molecule has 1 aromatic rings. The second-order valence-corrected chi connectivity index (χ2v) is 3.27. The average Bonchev–Trinajstić information content (AvgIpc) is 2.18. The van der Waals surface area contributed by atoms with Crippen molar-refractivity contribution in [2.45, 2.75) is 13.3 Å². The molecule has 14 heavy (non-hydrogen) atoms. The number of carbonyl (C=O) groups is 1. The maximum Gasteiger partial charge on any atom is 0.319 e. The fraction of sp³-hybridized carbons (Fsp3) is 0.300. The summed E-state index contributed by atoms with van der Waals surface area (Å²) >= 11 is 5.86. The minimum Gasteiger partial charge on any atom is -0.338 e. The Morgan fingerprint density at radius 2 is 2.14 bits per heavy atom. The lowest BCUT2D eigenvalue weighted by Gasteiger charge is -2.07. The molecule has 0 radical (unpaired) electrons. The highest BCUT2D eigenvalue weighted by Crippen LogP contribution is 2.19. The molecule has 0 saturated heterocycles. The molecule has 0 aliphatic carbocycles. The number of anilines is 1. The zero-order valence-electron chi connectivity index (χ0n) is 8.01. The fourth-order valence-corrected chi connectivity index (χ4v) is 1.15. The Morgan fingerprint density at radius 1 is 1.43 bits per heavy atom. The predicted molar refractivity (Wildman–Crippen MR) is 58.8 cm³/mol. The molecule has 3 nitrogen and oxygen atoms in total. The van der Waals surface area contributed by atoms with Crippen LogP contribution in [-0.4, -0.2) is 12.6 Å². The monoisotopic (exact) mass is 212 g/mol. The molecule has 1 rings (SSSR count). The molecule has 0 aliphatic rings. The van der Waals surface area contributed by atoms with Gasteiger partial charge in [0.15, 0.2) is 0 Å². The van der Waals surface area contributed by atoms with Crippen LogP contribution in [0, 0.1) is 0 Å². The fourth-order valence-electron chi connectivity index (χ4n) is 0.968. The highest BCUT2D eigenvalue weighted by molar-refractivity contribution is 6.33. The van der Waals surface area contributed by atoms with Crippen molar-refractivity contribution in [2.75, 3.05) is 11.9 Å². The van der Waals surface area contributed by atoms with Crippen LogP contribution in [0.5, 0.6) is 0 Å². The minimum atomic E-state index is -0.222. The van der Waals surface area contributed by atoms with Gasteiger partial charge >= 0.3 is 6.03 Å². The Kier molecular flexibility index (Phi) is 4.26. The van der Waals surface area contributed by atoms with Gasteiger partial charge in [-0.05, 0) is 18.6 Å². The molecule has 0 heterocycles. The van der Waals surface area contributed by atoms with Crippen molar-refractivity contribution in [2.24, 2.45) is 0 Å². The van der Waals surface area contributed by atoms with Crippen molar-refractivity contribution in [3.05, 3.63) is 29.3 Å². The van der Waals surface area contributed by atoms with Gasteiger partial charge in [-0.25, -0.2) is 4.79 Å². The second kappa shape index (κ2) is 5.50. The highest BCUT2D eigenvalue weighted by atomic mass is 35.5. The van der Waals surface area contributed by atoms with Crippen molar-refractivity contribution >= 4 is 23.3 Å². The number of halogens is 1. The van der Waals surface area contributed by atoms with Crippen LogP contribution < -0.4 is 10.6 Å². The maximum absolute atomic E-state index is 11.2. The average molecular weight is 213 g/mol. The van der Waals surface area contributed by atoms with Crippen LogP contribution in [0.1, 0.15) is 13.3 Å². The molecule has 0 saturated carbocycles. The molecule has 1 aromatic carbocycles. The quantitative estimate of drug-likeness (QED) is 0.795. The summed E-state index contributed by atoms with van der Waals surface area (Å²) in [6.45, 7) is 2.66. The molecule has 2 N–H and O–H groups in total. The number of nitrogens with one attached hydrogen (secondary N) is 2. The molecular formula is C10H13ClN2O. The highest BCUT2D eigenvalue weighted by Gasteiger charge is 2.02. The first kappa shape index (κ1) is 10.9. The standard InChI is InChI=1S/C10H13ClN2O/c1-2-7-12-10(14)13-9-6-4-3-5-8(9)11/h3-6H,2,7H2,1H3,(H2,12,13,14). The normalized spacial score (nSPS) is 9.57. The zero-order valence-corrected chi connectivity index (χ0v) is 8.77. The van der Waals surface area contributed by atoms with Gasteiger partial charge in [0, 0.05) is 6.54 Å². The van der Waals surface area contributed by atoms with Crippen LogP contribution in [0.25, 0.3) is 0 Å². The van der Waals surface area contributed by atoms with Gasteiger partial charge in [-0.3, -0.25) is 0 Å². The number of amides is 2. The van der Waals surface area contributed by atoms with Gasteiger partial charge < -0.3 is 10.6 Å². The van der Waals surface area contributed by atoms with Gasteiger partial charge in [-0.1, -0.05) is 30.7 Å². The summed E-state index contributed by atoms with van der Waals surface area (Å²) in [5.41, 5.74) is 0.628. The smallest absolute Gasteiger partial charge is 0.319 e. The van der Waals surface area contributed by atoms with Gasteiger partial charge in [0.1, 0.15) is 0 Å². The van der Waals surface area contributed by atoms with Crippen molar-refractivity contribution < 1.29 is 4.79 Å². The number of carbonyl (C=O) groups excluding carboxylic acids is 1. The lowest BCUT2D eigenvalue weighted by molar-refractivity contribution is 0.252. The molecule has 0 unspecified atom stereocenters. The summed E-state index contributed by atoms with van der Waals surface area (Å²) in [6, 6.07) is 6.91. The number of benzene rings is 1. The molecule has 0 aliphatic heterocycles. The van der Waals surface area contributed by atoms with Crippen LogP contribution in [0.4, 0.5) is 10.5 Å². The third-order valence-electron chi connectivity index (χ3n) is 1.66. The molecule has 0 atom stereocenters. The van der Waals surface area contributed by atoms with E-state index in [-0.39, 0.29) is 6.03 Å². The second-order valence-electron chi connectivity index (χ2n) is 2.86. The molecule has 0 aromatic heterocycles. The molecule has 76 valence electrons. The predicted octanol–water partition coefficient (Wildman–Crippen LogP) is 2.87. The van der Waals surface area contributed by atoms with Crippen molar-refractivity contribution in [1.82, 2.24) is 5.32 Å². The minimum absolute atomic E-state index is 0.222. The number of para-hydroxylation sites is 1. The van der Waals surface area contributed by atoms with E-state index in [0.717, 1.165) is 6.42 Å². The lowest BCUT2D eigenvalue weighted by atomic mass is 10.3. The third-order valence-corrected chi connectivity index (χ3v) is 1.99. The summed E-state index contributed by atoms with van der Waals surface area (Å²) in [5, 5.41) is 5.90. The topological polar surface area (TPSA) is 41.1 Å². The summed E-state index contributed by atoms with van der Waals surface area (Å²) in [6.07, 6.45) is 0.913. The van der Waals surface area contributed by atoms with Gasteiger partial charge in [0.05, 0.1) is 10.7 Å². The number of hydrogen-bond acceptors (Lipinski definition) is 1. The van der Waals surface area contributed by atoms with Crippen molar-refractivity contribution in [3.8, 4) is 0 Å². The summed E-state index contributed by atoms with van der Waals surface area (Å²) in [5.74, 6) is 0. The van der Waals surface area contributed by atoms with Gasteiger partial charge in [0.25, 0.3) is 0 Å². The number of rotatable bonds is 3. The Bertz CT molecular complexity index is 315. The summed E-state index contributed by atoms with van der Waals surface area (Å²) in [7, 11) is 0. The van der Waals surface area contributed by atoms with Crippen LogP contribution in [0.15, 0.2) is 24.3 Å². The SMILES string of the molecule is CCCNC(=O)Nc1ccccc1Cl. The Hall–Kier alpha value is -1.22. The Labute approximate surface area is 88.5 Å². The summed E-state index contributed by atoms with van der Waals surface area (Å²) in [4.78, 5) is 11.2. The largest absolute Gasteiger partial charge is 0.338 e. The van der Waals surface area contributed by atoms with E-state index < -0.39 is 0 Å². The Morgan fingerprint density at radius 3 is 2.79 bits per heavy atom. The van der Waals surface area contributed by atoms with Gasteiger partial charge in [-0.2, -0.15) is 0 Å². The van der Waals surface area contributed by atoms with Crippen LogP contribution in [0.2, 0.25) is 5.02 Å². The van der Waals surface area contributed by atoms with Gasteiger partial charge in [0.2, 0.25) is 0 Å². The van der Waals surface area contributed by atoms with Gasteiger partial charge in [-0.15, -0.1) is 0 Å². The van der Waals surface area contributed by atoms with E-state index in [9.17, 15) is 4.79 Å². The first-order chi connectivity index (χ1) is 6.74. The number of urea groups is 1. The first-order valence-electron chi connectivity index (χ1n) is 4.53. The van der Waals surface area contributed by atoms with Crippen LogP contribution in [-0.2, 0) is 0 Å². The van der Waals surface area contributed by atoms with E-state index in [1.54, 1.807) is 12.1 Å². The van der Waals surface area contributed by atoms with E-state index >= 15 is 0 Å². The zero-order chi connectivity index (χ0) is 10.4. The number of hydrogen-bond donors (Lipinski definition) is 2. The van der Waals surface area contributed by atoms with Crippen molar-refractivity contribution in [1.29, 1.82) is 0 Å². The summed E-state index contributed by atoms with van der Waals surface area (Å²) < 4.78 is 0. The molecule has 4 heteroatoms. The van der Waals surface area contributed by atoms with E-state index in [0.29, 0.717) is 17.3 Å². The third kappa shape index (κ3) is 3.26. The van der Waals surface area contributed by atoms with Crippen LogP contribution >= 0.6 is 11.6 Å². The van der Waals surface area contributed by atoms with E-state index in [1.165, 1.54) is 0 Å². The maximum atomic E-state index is 11.2. The molecule has 0 spiro atoms. The van der Waals surface area contributed by atoms with Crippen molar-refractivity contribution in [3.63, 3.8) is 0 Å². The molecule has 0 bridgehead atoms. The van der Waals surface area contributed by atoms with E-state index in [1.807, 2.05) is 19.1 Å². The Balaban J connectivity index is 2.52. The molecule has 0 fully saturated rings. The molecule has 2 amide bonds. The lowest BCUT2D eigenvalue weighted by Crippen LogP contribution is -2.29. The van der Waals surface area contributed by atoms with Crippen LogP contribution in [0.3, 0.4) is 0 Å². The molecular weight excluding hydrogens is 200 g/mol.